The van der Waals surface area contributed by atoms with Crippen LogP contribution in [0.3, 0.4) is 0 Å². The highest BCUT2D eigenvalue weighted by molar-refractivity contribution is 8.18. The normalized spacial score (nSPS) is 18.3. The zero-order valence-corrected chi connectivity index (χ0v) is 8.54. The maximum Gasteiger partial charge on any atom is 0.346 e. The fourth-order valence-corrected chi connectivity index (χ4v) is 1.90. The maximum atomic E-state index is 11.3. The minimum absolute atomic E-state index is 0.189. The maximum absolute atomic E-state index is 11.3. The lowest BCUT2D eigenvalue weighted by Gasteiger charge is -1.94. The van der Waals surface area contributed by atoms with Gasteiger partial charge in [-0.05, 0) is 23.8 Å². The quantitative estimate of drug-likeness (QED) is 0.553. The monoisotopic (exact) mass is 221 g/mol. The molecule has 1 aromatic rings. The van der Waals surface area contributed by atoms with E-state index in [1.54, 1.807) is 30.3 Å². The van der Waals surface area contributed by atoms with Gasteiger partial charge in [-0.1, -0.05) is 12.1 Å². The fourth-order valence-electron chi connectivity index (χ4n) is 1.18. The minimum atomic E-state index is -0.189. The number of aromatic hydroxyl groups is 1. The third-order valence-corrected chi connectivity index (χ3v) is 2.72. The molecule has 1 aliphatic heterocycles. The standard InChI is InChI=1S/C10H8N2O2S/c11-10-12-9(14)8(15-10)5-6-1-3-7(13)4-2-6/h1-5,13H,(H2,11,12,14)/p+1/b8-5+. The second kappa shape index (κ2) is 3.78. The Morgan fingerprint density at radius 3 is 2.53 bits per heavy atom. The van der Waals surface area contributed by atoms with Gasteiger partial charge in [-0.3, -0.25) is 5.73 Å². The highest BCUT2D eigenvalue weighted by atomic mass is 32.2. The summed E-state index contributed by atoms with van der Waals surface area (Å²) in [5.74, 6) is 0.0114. The smallest absolute Gasteiger partial charge is 0.346 e. The zero-order chi connectivity index (χ0) is 10.8. The Morgan fingerprint density at radius 1 is 1.33 bits per heavy atom. The zero-order valence-electron chi connectivity index (χ0n) is 7.73. The number of nitrogens with two attached hydrogens (primary N) is 1. The number of thioether (sulfide) groups is 1. The van der Waals surface area contributed by atoms with Crippen LogP contribution >= 0.6 is 11.8 Å². The van der Waals surface area contributed by atoms with Crippen molar-refractivity contribution in [3.63, 3.8) is 0 Å². The molecule has 0 saturated carbocycles. The van der Waals surface area contributed by atoms with Crippen molar-refractivity contribution < 1.29 is 14.9 Å². The number of carbonyl (C=O) groups is 1. The van der Waals surface area contributed by atoms with Crippen LogP contribution in [0.1, 0.15) is 5.56 Å². The van der Waals surface area contributed by atoms with Crippen LogP contribution in [-0.4, -0.2) is 16.2 Å². The number of benzene rings is 1. The number of phenols is 1. The fraction of sp³-hybridized carbons (Fsp3) is 0. The number of hydrogen-bond acceptors (Lipinski definition) is 4. The molecule has 1 aromatic carbocycles. The van der Waals surface area contributed by atoms with Gasteiger partial charge in [-0.25, -0.2) is 4.79 Å². The summed E-state index contributed by atoms with van der Waals surface area (Å²) in [5, 5.41) is 9.48. The SMILES string of the molecule is NC1=[NH+]C(=O)/C(=C\c2ccc(O)cc2)S1. The van der Waals surface area contributed by atoms with Crippen LogP contribution in [0.4, 0.5) is 0 Å². The highest BCUT2D eigenvalue weighted by Gasteiger charge is 2.24. The Morgan fingerprint density at radius 2 is 2.00 bits per heavy atom. The molecule has 0 radical (unpaired) electrons. The van der Waals surface area contributed by atoms with E-state index in [1.807, 2.05) is 0 Å². The predicted octanol–water partition coefficient (Wildman–Crippen LogP) is -0.598. The second-order valence-electron chi connectivity index (χ2n) is 3.02. The van der Waals surface area contributed by atoms with Gasteiger partial charge in [0.05, 0.1) is 0 Å². The number of hydrogen-bond donors (Lipinski definition) is 3. The molecule has 15 heavy (non-hydrogen) atoms. The van der Waals surface area contributed by atoms with E-state index in [0.29, 0.717) is 10.1 Å². The second-order valence-corrected chi connectivity index (χ2v) is 4.10. The molecule has 1 aliphatic rings. The predicted molar refractivity (Wildman–Crippen MR) is 58.8 cm³/mol. The van der Waals surface area contributed by atoms with Gasteiger partial charge in [0.15, 0.2) is 0 Å². The molecule has 5 heteroatoms. The number of amidine groups is 1. The van der Waals surface area contributed by atoms with Crippen molar-refractivity contribution >= 4 is 28.9 Å². The van der Waals surface area contributed by atoms with E-state index in [0.717, 1.165) is 5.56 Å². The molecule has 2 rings (SSSR count). The van der Waals surface area contributed by atoms with Crippen LogP contribution in [0, 0.1) is 0 Å². The summed E-state index contributed by atoms with van der Waals surface area (Å²) >= 11 is 1.21. The summed E-state index contributed by atoms with van der Waals surface area (Å²) in [6.45, 7) is 0. The minimum Gasteiger partial charge on any atom is -0.508 e. The van der Waals surface area contributed by atoms with Gasteiger partial charge in [-0.15, -0.1) is 0 Å². The van der Waals surface area contributed by atoms with Crippen LogP contribution in [-0.2, 0) is 4.79 Å². The summed E-state index contributed by atoms with van der Waals surface area (Å²) in [4.78, 5) is 14.4. The first kappa shape index (κ1) is 9.79. The molecular formula is C10H9N2O2S+. The van der Waals surface area contributed by atoms with Crippen molar-refractivity contribution in [1.29, 1.82) is 0 Å². The lowest BCUT2D eigenvalue weighted by molar-refractivity contribution is -0.367. The summed E-state index contributed by atoms with van der Waals surface area (Å²) in [5.41, 5.74) is 6.31. The third kappa shape index (κ3) is 2.19. The summed E-state index contributed by atoms with van der Waals surface area (Å²) in [6.07, 6.45) is 1.72. The van der Waals surface area contributed by atoms with Crippen LogP contribution in [0.2, 0.25) is 0 Å². The van der Waals surface area contributed by atoms with Gasteiger partial charge in [0.1, 0.15) is 10.7 Å². The van der Waals surface area contributed by atoms with E-state index in [4.69, 9.17) is 10.8 Å². The van der Waals surface area contributed by atoms with Crippen LogP contribution < -0.4 is 10.7 Å². The van der Waals surface area contributed by atoms with E-state index in [1.165, 1.54) is 11.8 Å². The molecule has 4 N–H and O–H groups in total. The van der Waals surface area contributed by atoms with Gasteiger partial charge in [0.25, 0.3) is 0 Å². The van der Waals surface area contributed by atoms with E-state index in [2.05, 4.69) is 4.99 Å². The molecule has 0 spiro atoms. The molecule has 0 aromatic heterocycles. The molecule has 1 amide bonds. The van der Waals surface area contributed by atoms with Crippen LogP contribution in [0.5, 0.6) is 5.75 Å². The van der Waals surface area contributed by atoms with Crippen molar-refractivity contribution in [2.24, 2.45) is 5.73 Å². The first-order valence-corrected chi connectivity index (χ1v) is 5.09. The largest absolute Gasteiger partial charge is 0.508 e. The topological polar surface area (TPSA) is 77.3 Å². The summed E-state index contributed by atoms with van der Waals surface area (Å²) in [6, 6.07) is 6.59. The lowest BCUT2D eigenvalue weighted by atomic mass is 10.2. The van der Waals surface area contributed by atoms with E-state index in [-0.39, 0.29) is 11.7 Å². The van der Waals surface area contributed by atoms with Crippen LogP contribution in [0.15, 0.2) is 29.2 Å². The molecular weight excluding hydrogens is 212 g/mol. The molecule has 0 atom stereocenters. The van der Waals surface area contributed by atoms with Crippen molar-refractivity contribution in [3.8, 4) is 5.75 Å². The van der Waals surface area contributed by atoms with E-state index >= 15 is 0 Å². The molecule has 0 fully saturated rings. The number of amides is 1. The molecule has 76 valence electrons. The van der Waals surface area contributed by atoms with Crippen molar-refractivity contribution in [1.82, 2.24) is 0 Å². The Labute approximate surface area is 90.5 Å². The summed E-state index contributed by atoms with van der Waals surface area (Å²) in [7, 11) is 0. The lowest BCUT2D eigenvalue weighted by Crippen LogP contribution is -2.75. The Kier molecular flexibility index (Phi) is 2.47. The molecule has 0 saturated heterocycles. The third-order valence-electron chi connectivity index (χ3n) is 1.87. The van der Waals surface area contributed by atoms with Crippen molar-refractivity contribution in [2.75, 3.05) is 0 Å². The van der Waals surface area contributed by atoms with Crippen molar-refractivity contribution in [3.05, 3.63) is 34.7 Å². The number of nitrogens with one attached hydrogen (secondary N) is 1. The molecule has 1 heterocycles. The number of rotatable bonds is 1. The van der Waals surface area contributed by atoms with Gasteiger partial charge >= 0.3 is 11.1 Å². The van der Waals surface area contributed by atoms with E-state index < -0.39 is 0 Å². The van der Waals surface area contributed by atoms with Gasteiger partial charge < -0.3 is 5.11 Å². The highest BCUT2D eigenvalue weighted by Crippen LogP contribution is 2.20. The van der Waals surface area contributed by atoms with Gasteiger partial charge in [0, 0.05) is 11.8 Å². The summed E-state index contributed by atoms with van der Waals surface area (Å²) < 4.78 is 0. The first-order chi connectivity index (χ1) is 7.15. The average Bonchev–Trinajstić information content (AvgIpc) is 2.49. The van der Waals surface area contributed by atoms with Gasteiger partial charge in [-0.2, -0.15) is 4.99 Å². The molecule has 0 aliphatic carbocycles. The Hall–Kier alpha value is -1.75. The Balaban J connectivity index is 2.25. The number of phenolic OH excluding ortho intramolecular Hbond substituents is 1. The van der Waals surface area contributed by atoms with Gasteiger partial charge in [0.2, 0.25) is 0 Å². The van der Waals surface area contributed by atoms with Crippen molar-refractivity contribution in [2.45, 2.75) is 0 Å². The first-order valence-electron chi connectivity index (χ1n) is 4.27. The number of carbonyl (C=O) groups excluding carboxylic acids is 1. The molecule has 4 nitrogen and oxygen atoms in total. The molecule has 0 unspecified atom stereocenters. The van der Waals surface area contributed by atoms with E-state index in [9.17, 15) is 4.79 Å². The molecule has 0 bridgehead atoms. The Bertz CT molecular complexity index is 463. The van der Waals surface area contributed by atoms with Crippen LogP contribution in [0.25, 0.3) is 6.08 Å². The average molecular weight is 221 g/mol.